The smallest absolute Gasteiger partial charge is 0.331 e. The van der Waals surface area contributed by atoms with Gasteiger partial charge in [-0.05, 0) is 12.8 Å². The summed E-state index contributed by atoms with van der Waals surface area (Å²) in [5, 5.41) is 18.9. The van der Waals surface area contributed by atoms with Gasteiger partial charge in [0.2, 0.25) is 0 Å². The molecule has 2 N–H and O–H groups in total. The number of esters is 1. The number of aliphatic carboxylic acids is 1. The van der Waals surface area contributed by atoms with Gasteiger partial charge < -0.3 is 14.9 Å². The number of unbranched alkanes of at least 4 members (excludes halogenated alkanes) is 10. The summed E-state index contributed by atoms with van der Waals surface area (Å²) in [5.74, 6) is -1.48. The van der Waals surface area contributed by atoms with Gasteiger partial charge >= 0.3 is 11.9 Å². The SMILES string of the molecule is CCCCCCCCCC(O)CC(=O)OC(=CC(=O)O)CCCCCCC. The largest absolute Gasteiger partial charge is 0.478 e. The number of hydrogen-bond acceptors (Lipinski definition) is 4. The molecule has 0 rings (SSSR count). The molecule has 1 unspecified atom stereocenters. The van der Waals surface area contributed by atoms with Crippen LogP contribution in [-0.4, -0.2) is 28.3 Å². The van der Waals surface area contributed by atoms with Gasteiger partial charge in [-0.25, -0.2) is 4.79 Å². The van der Waals surface area contributed by atoms with Crippen molar-refractivity contribution >= 4 is 11.9 Å². The molecule has 0 saturated carbocycles. The van der Waals surface area contributed by atoms with Gasteiger partial charge in [0, 0.05) is 6.42 Å². The zero-order valence-corrected chi connectivity index (χ0v) is 17.4. The minimum Gasteiger partial charge on any atom is -0.478 e. The number of carboxylic acid groups (broad SMARTS) is 1. The van der Waals surface area contributed by atoms with Crippen LogP contribution in [0.3, 0.4) is 0 Å². The van der Waals surface area contributed by atoms with Crippen LogP contribution in [0.2, 0.25) is 0 Å². The summed E-state index contributed by atoms with van der Waals surface area (Å²) in [6.07, 6.45) is 14.5. The van der Waals surface area contributed by atoms with Crippen molar-refractivity contribution in [2.45, 2.75) is 116 Å². The molecule has 27 heavy (non-hydrogen) atoms. The summed E-state index contributed by atoms with van der Waals surface area (Å²) in [7, 11) is 0. The van der Waals surface area contributed by atoms with Crippen molar-refractivity contribution in [3.8, 4) is 0 Å². The number of carbonyl (C=O) groups excluding carboxylic acids is 1. The van der Waals surface area contributed by atoms with Gasteiger partial charge in [0.15, 0.2) is 0 Å². The standard InChI is InChI=1S/C22H40O5/c1-3-5-7-9-10-12-13-15-19(23)17-22(26)27-20(18-21(24)25)16-14-11-8-6-4-2/h18-19,23H,3-17H2,1-2H3,(H,24,25). The topological polar surface area (TPSA) is 83.8 Å². The molecule has 0 aliphatic carbocycles. The van der Waals surface area contributed by atoms with Crippen LogP contribution in [-0.2, 0) is 14.3 Å². The Morgan fingerprint density at radius 3 is 1.93 bits per heavy atom. The highest BCUT2D eigenvalue weighted by Crippen LogP contribution is 2.15. The highest BCUT2D eigenvalue weighted by atomic mass is 16.5. The second-order valence-electron chi connectivity index (χ2n) is 7.36. The lowest BCUT2D eigenvalue weighted by Gasteiger charge is -2.12. The van der Waals surface area contributed by atoms with E-state index in [2.05, 4.69) is 13.8 Å². The first-order valence-corrected chi connectivity index (χ1v) is 10.8. The van der Waals surface area contributed by atoms with Gasteiger partial charge in [-0.3, -0.25) is 4.79 Å². The second kappa shape index (κ2) is 18.0. The molecule has 0 aromatic heterocycles. The van der Waals surface area contributed by atoms with E-state index < -0.39 is 18.0 Å². The Balaban J connectivity index is 4.04. The summed E-state index contributed by atoms with van der Waals surface area (Å²) in [4.78, 5) is 22.9. The minimum absolute atomic E-state index is 0.0807. The fourth-order valence-electron chi connectivity index (χ4n) is 3.01. The summed E-state index contributed by atoms with van der Waals surface area (Å²) < 4.78 is 5.19. The Hall–Kier alpha value is -1.36. The van der Waals surface area contributed by atoms with E-state index >= 15 is 0 Å². The van der Waals surface area contributed by atoms with Crippen LogP contribution < -0.4 is 0 Å². The molecule has 0 bridgehead atoms. The van der Waals surface area contributed by atoms with E-state index in [4.69, 9.17) is 9.84 Å². The van der Waals surface area contributed by atoms with Crippen LogP contribution >= 0.6 is 0 Å². The Bertz CT molecular complexity index is 417. The summed E-state index contributed by atoms with van der Waals surface area (Å²) in [6.45, 7) is 4.33. The Morgan fingerprint density at radius 1 is 0.852 bits per heavy atom. The Kier molecular flexibility index (Phi) is 17.1. The van der Waals surface area contributed by atoms with Gasteiger partial charge in [0.05, 0.1) is 18.6 Å². The van der Waals surface area contributed by atoms with Crippen molar-refractivity contribution in [1.82, 2.24) is 0 Å². The summed E-state index contributed by atoms with van der Waals surface area (Å²) in [6, 6.07) is 0. The average molecular weight is 385 g/mol. The number of aliphatic hydroxyl groups excluding tert-OH is 1. The predicted molar refractivity (Wildman–Crippen MR) is 108 cm³/mol. The molecule has 0 radical (unpaired) electrons. The Morgan fingerprint density at radius 2 is 1.37 bits per heavy atom. The molecule has 0 fully saturated rings. The molecule has 0 aliphatic rings. The minimum atomic E-state index is -1.12. The van der Waals surface area contributed by atoms with Crippen LogP contribution in [0.25, 0.3) is 0 Å². The normalized spacial score (nSPS) is 12.8. The van der Waals surface area contributed by atoms with E-state index in [0.717, 1.165) is 51.0 Å². The first-order chi connectivity index (χ1) is 13.0. The molecule has 0 aliphatic heterocycles. The second-order valence-corrected chi connectivity index (χ2v) is 7.36. The molecule has 0 heterocycles. The van der Waals surface area contributed by atoms with E-state index in [9.17, 15) is 14.7 Å². The number of hydrogen-bond donors (Lipinski definition) is 2. The van der Waals surface area contributed by atoms with E-state index in [-0.39, 0.29) is 12.2 Å². The lowest BCUT2D eigenvalue weighted by molar-refractivity contribution is -0.142. The van der Waals surface area contributed by atoms with Crippen LogP contribution in [0.4, 0.5) is 0 Å². The fraction of sp³-hybridized carbons (Fsp3) is 0.818. The van der Waals surface area contributed by atoms with Crippen molar-refractivity contribution in [2.75, 3.05) is 0 Å². The number of carboxylic acids is 1. The van der Waals surface area contributed by atoms with Crippen molar-refractivity contribution in [1.29, 1.82) is 0 Å². The molecular weight excluding hydrogens is 344 g/mol. The third kappa shape index (κ3) is 17.8. The van der Waals surface area contributed by atoms with Crippen LogP contribution in [0, 0.1) is 0 Å². The van der Waals surface area contributed by atoms with E-state index in [1.165, 1.54) is 32.1 Å². The van der Waals surface area contributed by atoms with Crippen LogP contribution in [0.5, 0.6) is 0 Å². The third-order valence-electron chi connectivity index (χ3n) is 4.60. The highest BCUT2D eigenvalue weighted by Gasteiger charge is 2.14. The van der Waals surface area contributed by atoms with E-state index in [1.54, 1.807) is 0 Å². The summed E-state index contributed by atoms with van der Waals surface area (Å²) >= 11 is 0. The lowest BCUT2D eigenvalue weighted by atomic mass is 10.0. The highest BCUT2D eigenvalue weighted by molar-refractivity contribution is 5.81. The molecule has 0 saturated heterocycles. The number of rotatable bonds is 18. The van der Waals surface area contributed by atoms with Crippen molar-refractivity contribution in [3.05, 3.63) is 11.8 Å². The number of ether oxygens (including phenoxy) is 1. The van der Waals surface area contributed by atoms with Crippen LogP contribution in [0.15, 0.2) is 11.8 Å². The zero-order valence-electron chi connectivity index (χ0n) is 17.4. The zero-order chi connectivity index (χ0) is 20.3. The monoisotopic (exact) mass is 384 g/mol. The van der Waals surface area contributed by atoms with E-state index in [1.807, 2.05) is 0 Å². The van der Waals surface area contributed by atoms with Crippen LogP contribution in [0.1, 0.15) is 110 Å². The first kappa shape index (κ1) is 25.6. The van der Waals surface area contributed by atoms with Gasteiger partial charge in [0.25, 0.3) is 0 Å². The molecule has 158 valence electrons. The van der Waals surface area contributed by atoms with E-state index in [0.29, 0.717) is 12.8 Å². The molecule has 0 aromatic carbocycles. The van der Waals surface area contributed by atoms with Crippen molar-refractivity contribution in [3.63, 3.8) is 0 Å². The van der Waals surface area contributed by atoms with Crippen molar-refractivity contribution in [2.24, 2.45) is 0 Å². The maximum Gasteiger partial charge on any atom is 0.331 e. The number of carbonyl (C=O) groups is 2. The molecule has 0 aromatic rings. The number of allylic oxidation sites excluding steroid dienone is 1. The van der Waals surface area contributed by atoms with Gasteiger partial charge in [-0.15, -0.1) is 0 Å². The maximum absolute atomic E-state index is 12.0. The summed E-state index contributed by atoms with van der Waals surface area (Å²) in [5.41, 5.74) is 0. The third-order valence-corrected chi connectivity index (χ3v) is 4.60. The molecule has 0 amide bonds. The van der Waals surface area contributed by atoms with Crippen molar-refractivity contribution < 1.29 is 24.5 Å². The average Bonchev–Trinajstić information content (AvgIpc) is 2.60. The van der Waals surface area contributed by atoms with Gasteiger partial charge in [-0.2, -0.15) is 0 Å². The quantitative estimate of drug-likeness (QED) is 0.136. The maximum atomic E-state index is 12.0. The predicted octanol–water partition coefficient (Wildman–Crippen LogP) is 5.75. The number of aliphatic hydroxyl groups is 1. The molecule has 1 atom stereocenters. The lowest BCUT2D eigenvalue weighted by Crippen LogP contribution is -2.16. The first-order valence-electron chi connectivity index (χ1n) is 10.8. The fourth-order valence-corrected chi connectivity index (χ4v) is 3.01. The van der Waals surface area contributed by atoms with Gasteiger partial charge in [0.1, 0.15) is 5.76 Å². The molecular formula is C22H40O5. The molecule has 5 heteroatoms. The Labute approximate surface area is 165 Å². The van der Waals surface area contributed by atoms with Gasteiger partial charge in [-0.1, -0.05) is 84.5 Å². The molecule has 5 nitrogen and oxygen atoms in total. The molecule has 0 spiro atoms.